The van der Waals surface area contributed by atoms with E-state index < -0.39 is 4.33 Å². The molecule has 1 saturated heterocycles. The van der Waals surface area contributed by atoms with Crippen molar-refractivity contribution in [3.63, 3.8) is 0 Å². The van der Waals surface area contributed by atoms with Crippen molar-refractivity contribution in [3.05, 3.63) is 0 Å². The summed E-state index contributed by atoms with van der Waals surface area (Å²) in [5, 5.41) is 0. The zero-order valence-corrected chi connectivity index (χ0v) is 7.57. The van der Waals surface area contributed by atoms with Crippen LogP contribution in [0.1, 0.15) is 6.42 Å². The summed E-state index contributed by atoms with van der Waals surface area (Å²) in [6, 6.07) is 0. The Morgan fingerprint density at radius 3 is 2.55 bits per heavy atom. The highest BCUT2D eigenvalue weighted by Gasteiger charge is 2.51. The molecule has 0 aromatic carbocycles. The Morgan fingerprint density at radius 2 is 2.09 bits per heavy atom. The Hall–Kier alpha value is 0.500. The minimum absolute atomic E-state index is 0.338. The number of hydrogen-bond acceptors (Lipinski definition) is 2. The van der Waals surface area contributed by atoms with E-state index in [1.54, 1.807) is 0 Å². The van der Waals surface area contributed by atoms with Crippen LogP contribution in [0, 0.1) is 5.92 Å². The van der Waals surface area contributed by atoms with Gasteiger partial charge < -0.3 is 9.47 Å². The number of halogens is 2. The molecule has 0 N–H and O–H groups in total. The van der Waals surface area contributed by atoms with E-state index in [1.165, 1.54) is 0 Å². The van der Waals surface area contributed by atoms with E-state index in [4.69, 9.17) is 32.7 Å². The third kappa shape index (κ3) is 2.22. The summed E-state index contributed by atoms with van der Waals surface area (Å²) in [5.41, 5.74) is 0. The van der Waals surface area contributed by atoms with Gasteiger partial charge in [-0.05, 0) is 6.42 Å². The van der Waals surface area contributed by atoms with Crippen molar-refractivity contribution in [1.29, 1.82) is 0 Å². The molecular formula is C7H10Cl2O2. The summed E-state index contributed by atoms with van der Waals surface area (Å²) >= 11 is 11.6. The minimum Gasteiger partial charge on any atom is -0.378 e. The van der Waals surface area contributed by atoms with Crippen molar-refractivity contribution < 1.29 is 9.47 Å². The van der Waals surface area contributed by atoms with Gasteiger partial charge in [-0.25, -0.2) is 0 Å². The van der Waals surface area contributed by atoms with Gasteiger partial charge in [-0.3, -0.25) is 0 Å². The number of rotatable bonds is 4. The van der Waals surface area contributed by atoms with Crippen molar-refractivity contribution in [2.24, 2.45) is 5.92 Å². The molecule has 64 valence electrons. The van der Waals surface area contributed by atoms with Gasteiger partial charge in [0.25, 0.3) is 0 Å². The molecule has 11 heavy (non-hydrogen) atoms. The molecule has 1 heterocycles. The molecule has 1 aliphatic carbocycles. The van der Waals surface area contributed by atoms with Crippen LogP contribution in [0.3, 0.4) is 0 Å². The number of ether oxygens (including phenoxy) is 2. The molecule has 1 aliphatic heterocycles. The highest BCUT2D eigenvalue weighted by Crippen LogP contribution is 2.53. The quantitative estimate of drug-likeness (QED) is 0.504. The third-order valence-corrected chi connectivity index (χ3v) is 2.91. The molecule has 0 aromatic rings. The van der Waals surface area contributed by atoms with Gasteiger partial charge in [-0.2, -0.15) is 0 Å². The normalized spacial score (nSPS) is 38.7. The molecule has 1 saturated carbocycles. The van der Waals surface area contributed by atoms with Crippen LogP contribution in [0.25, 0.3) is 0 Å². The van der Waals surface area contributed by atoms with Crippen LogP contribution in [0.2, 0.25) is 0 Å². The van der Waals surface area contributed by atoms with Gasteiger partial charge in [-0.15, -0.1) is 23.2 Å². The van der Waals surface area contributed by atoms with Crippen LogP contribution in [-0.2, 0) is 9.47 Å². The maximum Gasteiger partial charge on any atom is 0.123 e. The highest BCUT2D eigenvalue weighted by molar-refractivity contribution is 6.50. The number of hydrogen-bond donors (Lipinski definition) is 0. The van der Waals surface area contributed by atoms with Gasteiger partial charge in [0, 0.05) is 5.92 Å². The molecule has 2 atom stereocenters. The molecule has 0 spiro atoms. The average molecular weight is 197 g/mol. The highest BCUT2D eigenvalue weighted by atomic mass is 35.5. The van der Waals surface area contributed by atoms with Crippen molar-refractivity contribution >= 4 is 23.2 Å². The van der Waals surface area contributed by atoms with Crippen molar-refractivity contribution in [3.8, 4) is 0 Å². The molecule has 2 rings (SSSR count). The van der Waals surface area contributed by atoms with E-state index in [0.717, 1.165) is 13.0 Å². The van der Waals surface area contributed by atoms with Gasteiger partial charge in [-0.1, -0.05) is 0 Å². The van der Waals surface area contributed by atoms with Gasteiger partial charge in [0.15, 0.2) is 0 Å². The SMILES string of the molecule is ClC1(Cl)C[C@H]1COC[C@H]1CO1. The largest absolute Gasteiger partial charge is 0.378 e. The molecule has 0 amide bonds. The van der Waals surface area contributed by atoms with Crippen molar-refractivity contribution in [1.82, 2.24) is 0 Å². The predicted octanol–water partition coefficient (Wildman–Crippen LogP) is 1.60. The average Bonchev–Trinajstić information content (AvgIpc) is 2.75. The lowest BCUT2D eigenvalue weighted by Crippen LogP contribution is -2.06. The Morgan fingerprint density at radius 1 is 1.45 bits per heavy atom. The van der Waals surface area contributed by atoms with E-state index in [2.05, 4.69) is 0 Å². The van der Waals surface area contributed by atoms with E-state index in [-0.39, 0.29) is 0 Å². The Bertz CT molecular complexity index is 157. The molecule has 0 unspecified atom stereocenters. The third-order valence-electron chi connectivity index (χ3n) is 1.98. The first-order chi connectivity index (χ1) is 5.18. The van der Waals surface area contributed by atoms with Crippen LogP contribution in [-0.4, -0.2) is 30.3 Å². The molecule has 2 nitrogen and oxygen atoms in total. The summed E-state index contributed by atoms with van der Waals surface area (Å²) in [6.07, 6.45) is 1.20. The van der Waals surface area contributed by atoms with Crippen molar-refractivity contribution in [2.45, 2.75) is 16.9 Å². The van der Waals surface area contributed by atoms with Crippen LogP contribution in [0.15, 0.2) is 0 Å². The first kappa shape index (κ1) is 8.11. The molecule has 4 heteroatoms. The van der Waals surface area contributed by atoms with Crippen LogP contribution < -0.4 is 0 Å². The van der Waals surface area contributed by atoms with E-state index in [9.17, 15) is 0 Å². The second-order valence-corrected chi connectivity index (χ2v) is 4.70. The fourth-order valence-corrected chi connectivity index (χ4v) is 1.45. The minimum atomic E-state index is -0.496. The second-order valence-electron chi connectivity index (χ2n) is 3.15. The standard InChI is InChI=1S/C7H10Cl2O2/c8-7(9)1-5(7)2-10-3-6-4-11-6/h5-6H,1-4H2/t5-,6-/m0/s1. The summed E-state index contributed by atoms with van der Waals surface area (Å²) in [4.78, 5) is 0. The predicted molar refractivity (Wildman–Crippen MR) is 43.1 cm³/mol. The Balaban J connectivity index is 1.54. The second kappa shape index (κ2) is 2.77. The molecular weight excluding hydrogens is 187 g/mol. The summed E-state index contributed by atoms with van der Waals surface area (Å²) in [7, 11) is 0. The lowest BCUT2D eigenvalue weighted by molar-refractivity contribution is 0.107. The lowest BCUT2D eigenvalue weighted by Gasteiger charge is -2.00. The number of alkyl halides is 2. The summed E-state index contributed by atoms with van der Waals surface area (Å²) < 4.78 is 9.80. The topological polar surface area (TPSA) is 21.8 Å². The van der Waals surface area contributed by atoms with E-state index in [1.807, 2.05) is 0 Å². The molecule has 0 aromatic heterocycles. The van der Waals surface area contributed by atoms with Crippen LogP contribution in [0.5, 0.6) is 0 Å². The summed E-state index contributed by atoms with van der Waals surface area (Å²) in [6.45, 7) is 2.21. The molecule has 2 fully saturated rings. The Kier molecular flexibility index (Phi) is 2.04. The molecule has 2 aliphatic rings. The maximum atomic E-state index is 5.79. The Labute approximate surface area is 75.8 Å². The zero-order valence-electron chi connectivity index (χ0n) is 6.06. The zero-order chi connectivity index (χ0) is 7.90. The first-order valence-electron chi connectivity index (χ1n) is 3.75. The maximum absolute atomic E-state index is 5.79. The molecule has 0 bridgehead atoms. The van der Waals surface area contributed by atoms with Gasteiger partial charge >= 0.3 is 0 Å². The van der Waals surface area contributed by atoms with Gasteiger partial charge in [0.2, 0.25) is 0 Å². The van der Waals surface area contributed by atoms with Gasteiger partial charge in [0.05, 0.1) is 19.8 Å². The van der Waals surface area contributed by atoms with Gasteiger partial charge in [0.1, 0.15) is 10.4 Å². The van der Waals surface area contributed by atoms with E-state index in [0.29, 0.717) is 25.2 Å². The number of epoxide rings is 1. The van der Waals surface area contributed by atoms with Crippen molar-refractivity contribution in [2.75, 3.05) is 19.8 Å². The lowest BCUT2D eigenvalue weighted by atomic mass is 10.4. The molecule has 0 radical (unpaired) electrons. The van der Waals surface area contributed by atoms with Crippen LogP contribution in [0.4, 0.5) is 0 Å². The fraction of sp³-hybridized carbons (Fsp3) is 1.00. The smallest absolute Gasteiger partial charge is 0.123 e. The van der Waals surface area contributed by atoms with E-state index >= 15 is 0 Å². The monoisotopic (exact) mass is 196 g/mol. The van der Waals surface area contributed by atoms with Crippen LogP contribution >= 0.6 is 23.2 Å². The first-order valence-corrected chi connectivity index (χ1v) is 4.51. The fourth-order valence-electron chi connectivity index (χ4n) is 0.956. The summed E-state index contributed by atoms with van der Waals surface area (Å²) in [5.74, 6) is 0.338.